The first-order valence-electron chi connectivity index (χ1n) is 21.6. The summed E-state index contributed by atoms with van der Waals surface area (Å²) in [7, 11) is 0. The number of pyridine rings is 2. The van der Waals surface area contributed by atoms with Crippen molar-refractivity contribution in [1.29, 1.82) is 0 Å². The molecule has 0 radical (unpaired) electrons. The molecular formula is C60H42N4. The van der Waals surface area contributed by atoms with Crippen molar-refractivity contribution in [3.05, 3.63) is 255 Å². The van der Waals surface area contributed by atoms with Gasteiger partial charge in [0.25, 0.3) is 0 Å². The Hall–Kier alpha value is -8.60. The Morgan fingerprint density at radius 2 is 0.562 bits per heavy atom. The molecular weight excluding hydrogens is 777 g/mol. The number of hydrogen-bond donors (Lipinski definition) is 0. The van der Waals surface area contributed by atoms with Gasteiger partial charge in [0, 0.05) is 57.6 Å². The summed E-state index contributed by atoms with van der Waals surface area (Å²) in [5.74, 6) is 0. The van der Waals surface area contributed by atoms with Gasteiger partial charge in [0.05, 0.1) is 11.4 Å². The first-order chi connectivity index (χ1) is 31.8. The number of anilines is 6. The summed E-state index contributed by atoms with van der Waals surface area (Å²) in [6, 6.07) is 86.4. The van der Waals surface area contributed by atoms with Crippen LogP contribution in [0.3, 0.4) is 0 Å². The van der Waals surface area contributed by atoms with Crippen molar-refractivity contribution in [1.82, 2.24) is 9.97 Å². The van der Waals surface area contributed by atoms with E-state index in [-0.39, 0.29) is 0 Å². The molecule has 11 aromatic rings. The molecule has 0 saturated heterocycles. The molecule has 0 atom stereocenters. The van der Waals surface area contributed by atoms with Crippen LogP contribution in [0.25, 0.3) is 66.3 Å². The fraction of sp³-hybridized carbons (Fsp3) is 0. The van der Waals surface area contributed by atoms with Gasteiger partial charge in [0.15, 0.2) is 0 Å². The molecule has 9 aromatic carbocycles. The maximum Gasteiger partial charge on any atom is 0.0701 e. The number of hydrogen-bond acceptors (Lipinski definition) is 4. The standard InChI is InChI=1S/C60H42N4/c1-4-16-47(17-5-1)63(48-18-6-2-7-19-48)50-34-36-51(37-35-50)64(49-20-8-3-9-21-49)52-38-39-55-56(42-52)60(46-32-28-44(29-33-46)58-25-13-15-41-62-58)54-23-11-10-22-53(54)59(55)45-30-26-43(27-31-45)57-24-12-14-40-61-57/h1-42H. The minimum atomic E-state index is 0.954. The number of fused-ring (bicyclic) bond motifs is 2. The van der Waals surface area contributed by atoms with Crippen molar-refractivity contribution in [3.8, 4) is 44.8 Å². The fourth-order valence-electron chi connectivity index (χ4n) is 8.99. The fourth-order valence-corrected chi connectivity index (χ4v) is 8.99. The highest BCUT2D eigenvalue weighted by atomic mass is 15.2. The summed E-state index contributed by atoms with van der Waals surface area (Å²) in [4.78, 5) is 13.9. The lowest BCUT2D eigenvalue weighted by Gasteiger charge is -2.29. The Morgan fingerprint density at radius 1 is 0.234 bits per heavy atom. The van der Waals surface area contributed by atoms with E-state index in [4.69, 9.17) is 0 Å². The molecule has 64 heavy (non-hydrogen) atoms. The monoisotopic (exact) mass is 818 g/mol. The molecule has 2 heterocycles. The third-order valence-electron chi connectivity index (χ3n) is 11.9. The van der Waals surface area contributed by atoms with Crippen LogP contribution in [-0.2, 0) is 0 Å². The molecule has 0 unspecified atom stereocenters. The van der Waals surface area contributed by atoms with Gasteiger partial charge in [0.2, 0.25) is 0 Å². The Labute approximate surface area is 373 Å². The summed E-state index contributed by atoms with van der Waals surface area (Å²) in [6.45, 7) is 0. The Morgan fingerprint density at radius 3 is 0.984 bits per heavy atom. The first-order valence-corrected chi connectivity index (χ1v) is 21.6. The second-order valence-electron chi connectivity index (χ2n) is 15.8. The minimum absolute atomic E-state index is 0.954. The summed E-state index contributed by atoms with van der Waals surface area (Å²) in [5, 5.41) is 4.75. The number of benzene rings is 9. The van der Waals surface area contributed by atoms with E-state index >= 15 is 0 Å². The van der Waals surface area contributed by atoms with Crippen molar-refractivity contribution in [2.75, 3.05) is 9.80 Å². The molecule has 11 rings (SSSR count). The summed E-state index contributed by atoms with van der Waals surface area (Å²) >= 11 is 0. The molecule has 0 spiro atoms. The third kappa shape index (κ3) is 7.33. The lowest BCUT2D eigenvalue weighted by atomic mass is 9.85. The van der Waals surface area contributed by atoms with Crippen LogP contribution in [0, 0.1) is 0 Å². The molecule has 0 saturated carbocycles. The maximum atomic E-state index is 4.64. The molecule has 0 aliphatic heterocycles. The zero-order valence-corrected chi connectivity index (χ0v) is 35.0. The number of para-hydroxylation sites is 3. The second kappa shape index (κ2) is 17.0. The van der Waals surface area contributed by atoms with E-state index < -0.39 is 0 Å². The average Bonchev–Trinajstić information content (AvgIpc) is 3.38. The van der Waals surface area contributed by atoms with E-state index in [0.29, 0.717) is 0 Å². The molecule has 0 aliphatic rings. The highest BCUT2D eigenvalue weighted by Gasteiger charge is 2.21. The van der Waals surface area contributed by atoms with E-state index in [1.54, 1.807) is 0 Å². The molecule has 0 aliphatic carbocycles. The smallest absolute Gasteiger partial charge is 0.0701 e. The molecule has 2 aromatic heterocycles. The van der Waals surface area contributed by atoms with Gasteiger partial charge >= 0.3 is 0 Å². The zero-order valence-electron chi connectivity index (χ0n) is 35.0. The van der Waals surface area contributed by atoms with Gasteiger partial charge in [-0.2, -0.15) is 0 Å². The molecule has 302 valence electrons. The quantitative estimate of drug-likeness (QED) is 0.129. The predicted octanol–water partition coefficient (Wildman–Crippen LogP) is 16.4. The molecule has 0 amide bonds. The summed E-state index contributed by atoms with van der Waals surface area (Å²) < 4.78 is 0. The van der Waals surface area contributed by atoms with Gasteiger partial charge in [-0.15, -0.1) is 0 Å². The van der Waals surface area contributed by atoms with Crippen molar-refractivity contribution in [2.24, 2.45) is 0 Å². The molecule has 4 nitrogen and oxygen atoms in total. The molecule has 0 bridgehead atoms. The Kier molecular flexibility index (Phi) is 10.2. The predicted molar refractivity (Wildman–Crippen MR) is 268 cm³/mol. The van der Waals surface area contributed by atoms with E-state index in [0.717, 1.165) is 67.8 Å². The Bertz CT molecular complexity index is 3280. The average molecular weight is 819 g/mol. The first kappa shape index (κ1) is 38.3. The summed E-state index contributed by atoms with van der Waals surface area (Å²) in [5.41, 5.74) is 15.3. The SMILES string of the molecule is c1ccc(N(c2ccccc2)c2ccc(N(c3ccccc3)c3ccc4c(-c5ccc(-c6ccccn6)cc5)c5ccccc5c(-c5ccc(-c6ccccn6)cc5)c4c3)cc2)cc1. The largest absolute Gasteiger partial charge is 0.311 e. The van der Waals surface area contributed by atoms with Crippen LogP contribution >= 0.6 is 0 Å². The van der Waals surface area contributed by atoms with Crippen LogP contribution in [0.2, 0.25) is 0 Å². The minimum Gasteiger partial charge on any atom is -0.311 e. The van der Waals surface area contributed by atoms with Crippen molar-refractivity contribution < 1.29 is 0 Å². The Balaban J connectivity index is 1.10. The van der Waals surface area contributed by atoms with Crippen LogP contribution < -0.4 is 9.80 Å². The van der Waals surface area contributed by atoms with Gasteiger partial charge in [0.1, 0.15) is 0 Å². The van der Waals surface area contributed by atoms with Crippen LogP contribution in [0.4, 0.5) is 34.1 Å². The number of aromatic nitrogens is 2. The zero-order chi connectivity index (χ0) is 42.7. The molecule has 0 N–H and O–H groups in total. The van der Waals surface area contributed by atoms with Crippen molar-refractivity contribution in [3.63, 3.8) is 0 Å². The third-order valence-corrected chi connectivity index (χ3v) is 11.9. The lowest BCUT2D eigenvalue weighted by Crippen LogP contribution is -2.12. The van der Waals surface area contributed by atoms with Gasteiger partial charge in [-0.25, -0.2) is 0 Å². The van der Waals surface area contributed by atoms with Crippen LogP contribution in [0.1, 0.15) is 0 Å². The lowest BCUT2D eigenvalue weighted by molar-refractivity contribution is 1.26. The highest BCUT2D eigenvalue weighted by molar-refractivity contribution is 6.22. The number of nitrogens with zero attached hydrogens (tertiary/aromatic N) is 4. The molecule has 4 heteroatoms. The topological polar surface area (TPSA) is 32.3 Å². The van der Waals surface area contributed by atoms with E-state index in [9.17, 15) is 0 Å². The number of rotatable bonds is 10. The second-order valence-corrected chi connectivity index (χ2v) is 15.8. The maximum absolute atomic E-state index is 4.64. The van der Waals surface area contributed by atoms with Gasteiger partial charge in [-0.1, -0.05) is 146 Å². The van der Waals surface area contributed by atoms with Crippen molar-refractivity contribution >= 4 is 55.7 Å². The van der Waals surface area contributed by atoms with E-state index in [1.165, 1.54) is 32.7 Å². The van der Waals surface area contributed by atoms with Gasteiger partial charge in [-0.3, -0.25) is 9.97 Å². The summed E-state index contributed by atoms with van der Waals surface area (Å²) in [6.07, 6.45) is 3.70. The normalized spacial score (nSPS) is 11.1. The van der Waals surface area contributed by atoms with E-state index in [2.05, 4.69) is 238 Å². The van der Waals surface area contributed by atoms with Crippen LogP contribution in [0.15, 0.2) is 255 Å². The van der Waals surface area contributed by atoms with E-state index in [1.807, 2.05) is 36.7 Å². The van der Waals surface area contributed by atoms with Crippen molar-refractivity contribution in [2.45, 2.75) is 0 Å². The molecule has 0 fully saturated rings. The van der Waals surface area contributed by atoms with Gasteiger partial charge in [-0.05, 0) is 141 Å². The van der Waals surface area contributed by atoms with Crippen LogP contribution in [-0.4, -0.2) is 9.97 Å². The van der Waals surface area contributed by atoms with Gasteiger partial charge < -0.3 is 9.80 Å². The highest BCUT2D eigenvalue weighted by Crippen LogP contribution is 2.47. The van der Waals surface area contributed by atoms with Crippen LogP contribution in [0.5, 0.6) is 0 Å².